The fraction of sp³-hybridized carbons (Fsp3) is 1.00. The lowest BCUT2D eigenvalue weighted by molar-refractivity contribution is 0.327. The third-order valence-corrected chi connectivity index (χ3v) is 6.45. The summed E-state index contributed by atoms with van der Waals surface area (Å²) in [7, 11) is -3.18. The molecule has 0 aliphatic carbocycles. The van der Waals surface area contributed by atoms with Crippen LogP contribution in [0.5, 0.6) is 0 Å². The Hall–Kier alpha value is 0.220. The summed E-state index contributed by atoms with van der Waals surface area (Å²) in [6.07, 6.45) is 15.3. The van der Waals surface area contributed by atoms with Crippen molar-refractivity contribution in [2.24, 2.45) is 0 Å². The maximum Gasteiger partial charge on any atom is 0.319 e. The second-order valence-electron chi connectivity index (χ2n) is 6.33. The largest absolute Gasteiger partial charge is 0.319 e. The molecule has 4 nitrogen and oxygen atoms in total. The van der Waals surface area contributed by atoms with E-state index >= 15 is 0 Å². The zero-order valence-electron chi connectivity index (χ0n) is 13.8. The van der Waals surface area contributed by atoms with E-state index in [0.717, 1.165) is 12.8 Å². The minimum Gasteiger partial charge on any atom is -0.303 e. The van der Waals surface area contributed by atoms with Gasteiger partial charge in [-0.05, 0) is 56.1 Å². The van der Waals surface area contributed by atoms with E-state index in [9.17, 15) is 8.42 Å². The van der Waals surface area contributed by atoms with Crippen LogP contribution in [0.1, 0.15) is 77.0 Å². The van der Waals surface area contributed by atoms with E-state index in [2.05, 4.69) is 4.90 Å². The first kappa shape index (κ1) is 20.3. The lowest BCUT2D eigenvalue weighted by Gasteiger charge is -2.13. The van der Waals surface area contributed by atoms with Crippen LogP contribution < -0.4 is 0 Å². The van der Waals surface area contributed by atoms with Gasteiger partial charge in [-0.2, -0.15) is 8.42 Å². The van der Waals surface area contributed by atoms with Crippen LogP contribution in [0.15, 0.2) is 0 Å². The summed E-state index contributed by atoms with van der Waals surface area (Å²) >= 11 is 0. The van der Waals surface area contributed by atoms with Crippen molar-refractivity contribution >= 4 is 19.9 Å². The lowest BCUT2D eigenvalue weighted by atomic mass is 10.1. The Morgan fingerprint density at radius 2 is 1.23 bits per heavy atom. The molecule has 0 aromatic rings. The number of likely N-dealkylation sites (tertiary alicyclic amines) is 1. The van der Waals surface area contributed by atoms with Crippen molar-refractivity contribution in [2.45, 2.75) is 77.0 Å². The highest BCUT2D eigenvalue weighted by Crippen LogP contribution is 2.15. The predicted octanol–water partition coefficient (Wildman–Crippen LogP) is 4.52. The smallest absolute Gasteiger partial charge is 0.303 e. The van der Waals surface area contributed by atoms with Gasteiger partial charge >= 0.3 is 9.15 Å². The lowest BCUT2D eigenvalue weighted by Crippen LogP contribution is -2.20. The van der Waals surface area contributed by atoms with E-state index in [-0.39, 0.29) is 0 Å². The molecule has 0 atom stereocenters. The number of unbranched alkanes of at least 4 members (excludes halogenated alkanes) is 9. The Morgan fingerprint density at radius 3 is 1.73 bits per heavy atom. The third kappa shape index (κ3) is 12.7. The molecule has 1 heterocycles. The second-order valence-corrected chi connectivity index (χ2v) is 9.80. The van der Waals surface area contributed by atoms with Gasteiger partial charge in [-0.25, -0.2) is 0 Å². The van der Waals surface area contributed by atoms with Crippen molar-refractivity contribution in [3.05, 3.63) is 0 Å². The quantitative estimate of drug-likeness (QED) is 0.283. The predicted molar refractivity (Wildman–Crippen MR) is 95.9 cm³/mol. The minimum absolute atomic E-state index is 0.510. The molecule has 1 fully saturated rings. The Balaban J connectivity index is 1.71. The molecule has 0 amide bonds. The van der Waals surface area contributed by atoms with E-state index in [0.29, 0.717) is 16.5 Å². The van der Waals surface area contributed by atoms with Crippen LogP contribution in [0.25, 0.3) is 0 Å². The molecule has 0 spiro atoms. The molecule has 1 aliphatic rings. The van der Waals surface area contributed by atoms with Crippen LogP contribution in [0, 0.1) is 0 Å². The molecule has 0 radical (unpaired) electrons. The molecule has 1 N–H and O–H groups in total. The maximum absolute atomic E-state index is 10.5. The summed E-state index contributed by atoms with van der Waals surface area (Å²) < 4.78 is 29.6. The van der Waals surface area contributed by atoms with Crippen LogP contribution in [0.2, 0.25) is 0 Å². The average molecular weight is 352 g/mol. The zero-order chi connectivity index (χ0) is 16.1. The highest BCUT2D eigenvalue weighted by molar-refractivity contribution is 8.69. The molecule has 0 aromatic heterocycles. The summed E-state index contributed by atoms with van der Waals surface area (Å²) in [5.74, 6) is 0.510. The van der Waals surface area contributed by atoms with Gasteiger partial charge in [0.1, 0.15) is 0 Å². The molecule has 0 saturated carbocycles. The van der Waals surface area contributed by atoms with E-state index in [1.54, 1.807) is 0 Å². The van der Waals surface area contributed by atoms with Crippen molar-refractivity contribution in [2.75, 3.05) is 25.4 Å². The fourth-order valence-electron chi connectivity index (χ4n) is 3.02. The fourth-order valence-corrected chi connectivity index (χ4v) is 4.54. The molecule has 0 bridgehead atoms. The molecule has 0 unspecified atom stereocenters. The highest BCUT2D eigenvalue weighted by Gasteiger charge is 2.09. The molecule has 1 aliphatic heterocycles. The SMILES string of the molecule is O=S(=O)(O)SCCCCCCCCCCCCN1CCCC1. The normalized spacial score (nSPS) is 16.4. The van der Waals surface area contributed by atoms with Crippen LogP contribution in [-0.2, 0) is 9.15 Å². The summed E-state index contributed by atoms with van der Waals surface area (Å²) in [6, 6.07) is 0. The van der Waals surface area contributed by atoms with Gasteiger partial charge in [0.2, 0.25) is 0 Å². The van der Waals surface area contributed by atoms with Crippen LogP contribution in [0.4, 0.5) is 0 Å². The number of nitrogens with zero attached hydrogens (tertiary/aromatic N) is 1. The van der Waals surface area contributed by atoms with Gasteiger partial charge in [0.25, 0.3) is 0 Å². The van der Waals surface area contributed by atoms with Crippen molar-refractivity contribution in [3.8, 4) is 0 Å². The number of hydrogen-bond donors (Lipinski definition) is 1. The molecule has 132 valence electrons. The molecular weight excluding hydrogens is 318 g/mol. The number of hydrogen-bond acceptors (Lipinski definition) is 4. The Bertz CT molecular complexity index is 354. The molecule has 1 rings (SSSR count). The standard InChI is InChI=1S/C16H33NO3S2/c18-22(19,20)21-16-12-8-6-4-2-1-3-5-7-9-13-17-14-10-11-15-17/h1-16H2,(H,18,19,20). The first-order chi connectivity index (χ1) is 10.6. The average Bonchev–Trinajstić information content (AvgIpc) is 2.96. The van der Waals surface area contributed by atoms with Crippen LogP contribution in [0.3, 0.4) is 0 Å². The van der Waals surface area contributed by atoms with Crippen LogP contribution in [-0.4, -0.2) is 43.3 Å². The molecule has 6 heteroatoms. The Kier molecular flexibility index (Phi) is 11.6. The maximum atomic E-state index is 10.5. The minimum atomic E-state index is -3.83. The number of rotatable bonds is 14. The molecular formula is C16H33NO3S2. The van der Waals surface area contributed by atoms with Crippen molar-refractivity contribution < 1.29 is 13.0 Å². The van der Waals surface area contributed by atoms with Gasteiger partial charge in [0.15, 0.2) is 0 Å². The molecule has 22 heavy (non-hydrogen) atoms. The topological polar surface area (TPSA) is 57.6 Å². The first-order valence-corrected chi connectivity index (χ1v) is 11.9. The summed E-state index contributed by atoms with van der Waals surface area (Å²) in [6.45, 7) is 3.95. The third-order valence-electron chi connectivity index (χ3n) is 4.30. The van der Waals surface area contributed by atoms with Gasteiger partial charge in [-0.1, -0.05) is 51.4 Å². The van der Waals surface area contributed by atoms with E-state index in [1.807, 2.05) is 0 Å². The van der Waals surface area contributed by atoms with E-state index < -0.39 is 9.15 Å². The first-order valence-electron chi connectivity index (χ1n) is 8.92. The van der Waals surface area contributed by atoms with Gasteiger partial charge in [0, 0.05) is 5.75 Å². The van der Waals surface area contributed by atoms with Crippen LogP contribution >= 0.6 is 10.8 Å². The molecule has 1 saturated heterocycles. The van der Waals surface area contributed by atoms with Gasteiger partial charge in [0.05, 0.1) is 0 Å². The van der Waals surface area contributed by atoms with Crippen molar-refractivity contribution in [1.82, 2.24) is 4.90 Å². The highest BCUT2D eigenvalue weighted by atomic mass is 33.1. The monoisotopic (exact) mass is 351 g/mol. The van der Waals surface area contributed by atoms with E-state index in [1.165, 1.54) is 83.8 Å². The summed E-state index contributed by atoms with van der Waals surface area (Å²) in [5, 5.41) is 0. The molecule has 0 aromatic carbocycles. The van der Waals surface area contributed by atoms with Crippen molar-refractivity contribution in [1.29, 1.82) is 0 Å². The summed E-state index contributed by atoms with van der Waals surface area (Å²) in [4.78, 5) is 2.60. The zero-order valence-corrected chi connectivity index (χ0v) is 15.5. The van der Waals surface area contributed by atoms with Crippen molar-refractivity contribution in [3.63, 3.8) is 0 Å². The Labute approximate surface area is 140 Å². The van der Waals surface area contributed by atoms with Gasteiger partial charge in [-0.15, -0.1) is 0 Å². The second kappa shape index (κ2) is 12.6. The van der Waals surface area contributed by atoms with Gasteiger partial charge in [-0.3, -0.25) is 4.55 Å². The van der Waals surface area contributed by atoms with E-state index in [4.69, 9.17) is 4.55 Å². The summed E-state index contributed by atoms with van der Waals surface area (Å²) in [5.41, 5.74) is 0. The Morgan fingerprint density at radius 1 is 0.773 bits per heavy atom. The van der Waals surface area contributed by atoms with Gasteiger partial charge < -0.3 is 4.90 Å².